The summed E-state index contributed by atoms with van der Waals surface area (Å²) in [5, 5.41) is 15.5. The molecule has 0 amide bonds. The van der Waals surface area contributed by atoms with Crippen molar-refractivity contribution in [2.24, 2.45) is 0 Å². The zero-order valence-electron chi connectivity index (χ0n) is 12.6. The van der Waals surface area contributed by atoms with Gasteiger partial charge in [-0.2, -0.15) is 5.10 Å². The average Bonchev–Trinajstić information content (AvgIpc) is 2.95. The van der Waals surface area contributed by atoms with E-state index in [9.17, 15) is 5.11 Å². The van der Waals surface area contributed by atoms with Gasteiger partial charge in [-0.3, -0.25) is 4.68 Å². The molecule has 0 spiro atoms. The van der Waals surface area contributed by atoms with Crippen LogP contribution in [0.4, 0.5) is 0 Å². The Morgan fingerprint density at radius 3 is 2.86 bits per heavy atom. The van der Waals surface area contributed by atoms with Gasteiger partial charge in [0.25, 0.3) is 0 Å². The van der Waals surface area contributed by atoms with Crippen LogP contribution in [0.1, 0.15) is 49.9 Å². The summed E-state index contributed by atoms with van der Waals surface area (Å²) >= 11 is 0. The Balaban J connectivity index is 1.89. The van der Waals surface area contributed by atoms with Gasteiger partial charge in [0.1, 0.15) is 12.2 Å². The second kappa shape index (κ2) is 5.98. The van der Waals surface area contributed by atoms with Crippen molar-refractivity contribution < 1.29 is 5.11 Å². The largest absolute Gasteiger partial charge is 0.389 e. The molecule has 0 radical (unpaired) electrons. The lowest BCUT2D eigenvalue weighted by molar-refractivity contribution is -0.0190. The molecular formula is C17H23N3O. The Morgan fingerprint density at radius 1 is 1.29 bits per heavy atom. The van der Waals surface area contributed by atoms with Crippen molar-refractivity contribution in [2.45, 2.75) is 57.1 Å². The Hall–Kier alpha value is -1.68. The van der Waals surface area contributed by atoms with Gasteiger partial charge in [-0.15, -0.1) is 0 Å². The molecule has 2 atom stereocenters. The number of aromatic nitrogens is 3. The summed E-state index contributed by atoms with van der Waals surface area (Å²) in [7, 11) is 0. The number of benzene rings is 1. The topological polar surface area (TPSA) is 50.9 Å². The highest BCUT2D eigenvalue weighted by molar-refractivity contribution is 5.24. The van der Waals surface area contributed by atoms with Gasteiger partial charge < -0.3 is 5.11 Å². The number of hydrogen-bond acceptors (Lipinski definition) is 3. The Labute approximate surface area is 125 Å². The molecule has 4 nitrogen and oxygen atoms in total. The van der Waals surface area contributed by atoms with Gasteiger partial charge in [-0.05, 0) is 25.3 Å². The summed E-state index contributed by atoms with van der Waals surface area (Å²) in [5.74, 6) is 1.08. The van der Waals surface area contributed by atoms with Gasteiger partial charge in [-0.25, -0.2) is 4.98 Å². The monoisotopic (exact) mass is 285 g/mol. The fraction of sp³-hybridized carbons (Fsp3) is 0.529. The van der Waals surface area contributed by atoms with Crippen molar-refractivity contribution in [2.75, 3.05) is 0 Å². The Kier molecular flexibility index (Phi) is 4.06. The molecule has 1 aromatic carbocycles. The number of aryl methyl sites for hydroxylation is 1. The highest BCUT2D eigenvalue weighted by Gasteiger charge is 2.40. The fourth-order valence-corrected chi connectivity index (χ4v) is 3.56. The first-order valence-electron chi connectivity index (χ1n) is 7.87. The summed E-state index contributed by atoms with van der Waals surface area (Å²) in [6.07, 6.45) is 6.31. The molecule has 0 bridgehead atoms. The molecule has 0 aliphatic heterocycles. The van der Waals surface area contributed by atoms with Crippen LogP contribution in [0.5, 0.6) is 0 Å². The highest BCUT2D eigenvalue weighted by atomic mass is 16.3. The van der Waals surface area contributed by atoms with E-state index < -0.39 is 5.60 Å². The van der Waals surface area contributed by atoms with E-state index in [0.717, 1.165) is 31.6 Å². The Bertz CT molecular complexity index is 581. The Morgan fingerprint density at radius 2 is 2.10 bits per heavy atom. The van der Waals surface area contributed by atoms with Crippen LogP contribution in [0.3, 0.4) is 0 Å². The van der Waals surface area contributed by atoms with Gasteiger partial charge in [-0.1, -0.05) is 43.2 Å². The maximum atomic E-state index is 11.3. The first-order chi connectivity index (χ1) is 10.2. The number of nitrogens with zero attached hydrogens (tertiary/aromatic N) is 3. The third-order valence-corrected chi connectivity index (χ3v) is 4.66. The molecule has 1 fully saturated rings. The molecule has 4 heteroatoms. The standard InChI is InChI=1S/C17H23N3O/c1-2-20-16(18-13-19-20)12-17(21)11-7-6-10-15(17)14-8-4-3-5-9-14/h3-5,8-9,13,15,21H,2,6-7,10-12H2,1H3. The lowest BCUT2D eigenvalue weighted by atomic mass is 9.70. The van der Waals surface area contributed by atoms with Gasteiger partial charge in [0.2, 0.25) is 0 Å². The lowest BCUT2D eigenvalue weighted by Crippen LogP contribution is -2.42. The van der Waals surface area contributed by atoms with Gasteiger partial charge in [0.15, 0.2) is 0 Å². The van der Waals surface area contributed by atoms with E-state index in [4.69, 9.17) is 0 Å². The van der Waals surface area contributed by atoms with Crippen molar-refractivity contribution in [1.82, 2.24) is 14.8 Å². The van der Waals surface area contributed by atoms with E-state index in [1.165, 1.54) is 12.0 Å². The van der Waals surface area contributed by atoms with Crippen molar-refractivity contribution in [3.63, 3.8) is 0 Å². The zero-order valence-corrected chi connectivity index (χ0v) is 12.6. The van der Waals surface area contributed by atoms with E-state index in [-0.39, 0.29) is 5.92 Å². The van der Waals surface area contributed by atoms with Crippen molar-refractivity contribution >= 4 is 0 Å². The first-order valence-corrected chi connectivity index (χ1v) is 7.87. The minimum absolute atomic E-state index is 0.189. The third-order valence-electron chi connectivity index (χ3n) is 4.66. The molecule has 1 aliphatic rings. The van der Waals surface area contributed by atoms with Crippen molar-refractivity contribution in [1.29, 1.82) is 0 Å². The molecule has 3 rings (SSSR count). The van der Waals surface area contributed by atoms with Gasteiger partial charge in [0.05, 0.1) is 5.60 Å². The van der Waals surface area contributed by atoms with Crippen LogP contribution in [-0.2, 0) is 13.0 Å². The summed E-state index contributed by atoms with van der Waals surface area (Å²) in [4.78, 5) is 4.35. The summed E-state index contributed by atoms with van der Waals surface area (Å²) in [6, 6.07) is 10.4. The van der Waals surface area contributed by atoms with Crippen LogP contribution in [0, 0.1) is 0 Å². The minimum Gasteiger partial charge on any atom is -0.389 e. The highest BCUT2D eigenvalue weighted by Crippen LogP contribution is 2.42. The van der Waals surface area contributed by atoms with E-state index in [0.29, 0.717) is 6.42 Å². The van der Waals surface area contributed by atoms with Gasteiger partial charge >= 0.3 is 0 Å². The molecule has 1 heterocycles. The first kappa shape index (κ1) is 14.3. The predicted octanol–water partition coefficient (Wildman–Crippen LogP) is 2.93. The van der Waals surface area contributed by atoms with E-state index in [1.54, 1.807) is 6.33 Å². The lowest BCUT2D eigenvalue weighted by Gasteiger charge is -2.40. The second-order valence-corrected chi connectivity index (χ2v) is 5.98. The van der Waals surface area contributed by atoms with Crippen LogP contribution in [0.2, 0.25) is 0 Å². The van der Waals surface area contributed by atoms with Gasteiger partial charge in [0, 0.05) is 18.9 Å². The van der Waals surface area contributed by atoms with Crippen LogP contribution < -0.4 is 0 Å². The number of hydrogen-bond donors (Lipinski definition) is 1. The van der Waals surface area contributed by atoms with Crippen molar-refractivity contribution in [3.05, 3.63) is 48.0 Å². The third kappa shape index (κ3) is 2.86. The smallest absolute Gasteiger partial charge is 0.138 e. The molecule has 1 aliphatic carbocycles. The van der Waals surface area contributed by atoms with Crippen LogP contribution in [0.15, 0.2) is 36.7 Å². The molecule has 1 aromatic heterocycles. The quantitative estimate of drug-likeness (QED) is 0.939. The normalized spacial score (nSPS) is 25.9. The summed E-state index contributed by atoms with van der Waals surface area (Å²) in [6.45, 7) is 2.85. The van der Waals surface area contributed by atoms with Crippen LogP contribution in [-0.4, -0.2) is 25.5 Å². The SMILES string of the molecule is CCn1ncnc1CC1(O)CCCCC1c1ccccc1. The molecule has 2 unspecified atom stereocenters. The summed E-state index contributed by atoms with van der Waals surface area (Å²) < 4.78 is 1.88. The average molecular weight is 285 g/mol. The second-order valence-electron chi connectivity index (χ2n) is 5.98. The van der Waals surface area contributed by atoms with E-state index >= 15 is 0 Å². The summed E-state index contributed by atoms with van der Waals surface area (Å²) in [5.41, 5.74) is 0.529. The van der Waals surface area contributed by atoms with Crippen LogP contribution in [0.25, 0.3) is 0 Å². The number of rotatable bonds is 4. The number of aliphatic hydroxyl groups is 1. The zero-order chi connectivity index (χ0) is 14.7. The molecule has 1 saturated carbocycles. The predicted molar refractivity (Wildman–Crippen MR) is 82.0 cm³/mol. The molecule has 2 aromatic rings. The van der Waals surface area contributed by atoms with Crippen molar-refractivity contribution in [3.8, 4) is 0 Å². The van der Waals surface area contributed by atoms with E-state index in [2.05, 4.69) is 41.3 Å². The van der Waals surface area contributed by atoms with Crippen LogP contribution >= 0.6 is 0 Å². The minimum atomic E-state index is -0.709. The molecule has 21 heavy (non-hydrogen) atoms. The molecule has 0 saturated heterocycles. The van der Waals surface area contributed by atoms with E-state index in [1.807, 2.05) is 10.7 Å². The fourth-order valence-electron chi connectivity index (χ4n) is 3.56. The maximum absolute atomic E-state index is 11.3. The maximum Gasteiger partial charge on any atom is 0.138 e. The molecule has 1 N–H and O–H groups in total. The molecule has 112 valence electrons. The molecular weight excluding hydrogens is 262 g/mol.